The van der Waals surface area contributed by atoms with Crippen LogP contribution in [0, 0.1) is 0 Å². The molecule has 0 aromatic heterocycles. The van der Waals surface area contributed by atoms with Gasteiger partial charge in [0.05, 0.1) is 24.8 Å². The molecule has 2 amide bonds. The van der Waals surface area contributed by atoms with Crippen LogP contribution in [0.1, 0.15) is 5.56 Å². The van der Waals surface area contributed by atoms with E-state index in [2.05, 4.69) is 0 Å². The van der Waals surface area contributed by atoms with Gasteiger partial charge in [-0.15, -0.1) is 0 Å². The number of hydrogen-bond acceptors (Lipinski definition) is 3. The molecule has 0 bridgehead atoms. The molecular formula is C13H11NO3. The summed E-state index contributed by atoms with van der Waals surface area (Å²) in [6.45, 7) is 0.904. The second-order valence-electron chi connectivity index (χ2n) is 4.13. The molecule has 0 atom stereocenters. The minimum absolute atomic E-state index is 0.0903. The largest absolute Gasteiger partial charge is 0.377 e. The SMILES string of the molecule is O=C1C=C(c2ccccc2)C(=O)N1C1COC1. The van der Waals surface area contributed by atoms with Crippen molar-refractivity contribution in [1.29, 1.82) is 0 Å². The molecule has 0 aliphatic carbocycles. The lowest BCUT2D eigenvalue weighted by atomic mass is 10.1. The van der Waals surface area contributed by atoms with Gasteiger partial charge in [-0.3, -0.25) is 14.5 Å². The zero-order valence-electron chi connectivity index (χ0n) is 9.13. The highest BCUT2D eigenvalue weighted by atomic mass is 16.5. The monoisotopic (exact) mass is 229 g/mol. The maximum absolute atomic E-state index is 12.1. The molecule has 17 heavy (non-hydrogen) atoms. The molecule has 2 aliphatic heterocycles. The van der Waals surface area contributed by atoms with Gasteiger partial charge < -0.3 is 4.74 Å². The minimum atomic E-state index is -0.234. The molecular weight excluding hydrogens is 218 g/mol. The number of nitrogens with zero attached hydrogens (tertiary/aromatic N) is 1. The van der Waals surface area contributed by atoms with E-state index < -0.39 is 0 Å². The van der Waals surface area contributed by atoms with Gasteiger partial charge >= 0.3 is 0 Å². The van der Waals surface area contributed by atoms with E-state index in [1.807, 2.05) is 30.3 Å². The van der Waals surface area contributed by atoms with Gasteiger partial charge in [0, 0.05) is 6.08 Å². The van der Waals surface area contributed by atoms with Gasteiger partial charge in [0.1, 0.15) is 0 Å². The predicted octanol–water partition coefficient (Wildman–Crippen LogP) is 0.838. The first-order valence-electron chi connectivity index (χ1n) is 5.50. The fraction of sp³-hybridized carbons (Fsp3) is 0.231. The Balaban J connectivity index is 1.91. The molecule has 4 heteroatoms. The van der Waals surface area contributed by atoms with Gasteiger partial charge in [-0.05, 0) is 5.56 Å². The first-order valence-corrected chi connectivity index (χ1v) is 5.50. The Morgan fingerprint density at radius 2 is 1.82 bits per heavy atom. The quantitative estimate of drug-likeness (QED) is 0.706. The fourth-order valence-electron chi connectivity index (χ4n) is 2.03. The molecule has 1 aromatic carbocycles. The van der Waals surface area contributed by atoms with Crippen molar-refractivity contribution in [3.63, 3.8) is 0 Å². The molecule has 2 aliphatic rings. The Morgan fingerprint density at radius 3 is 2.41 bits per heavy atom. The van der Waals surface area contributed by atoms with Crippen molar-refractivity contribution in [3.05, 3.63) is 42.0 Å². The van der Waals surface area contributed by atoms with Crippen LogP contribution >= 0.6 is 0 Å². The van der Waals surface area contributed by atoms with Crippen LogP contribution in [-0.2, 0) is 14.3 Å². The van der Waals surface area contributed by atoms with E-state index in [1.165, 1.54) is 11.0 Å². The first kappa shape index (κ1) is 10.2. The first-order chi connectivity index (χ1) is 8.27. The van der Waals surface area contributed by atoms with Crippen molar-refractivity contribution in [2.24, 2.45) is 0 Å². The summed E-state index contributed by atoms with van der Waals surface area (Å²) >= 11 is 0. The number of benzene rings is 1. The molecule has 4 nitrogen and oxygen atoms in total. The Labute approximate surface area is 98.5 Å². The van der Waals surface area contributed by atoms with Gasteiger partial charge in [0.2, 0.25) is 0 Å². The van der Waals surface area contributed by atoms with Crippen LogP contribution in [0.2, 0.25) is 0 Å². The van der Waals surface area contributed by atoms with Crippen molar-refractivity contribution in [3.8, 4) is 0 Å². The highest BCUT2D eigenvalue weighted by molar-refractivity contribution is 6.33. The predicted molar refractivity (Wildman–Crippen MR) is 60.9 cm³/mol. The Morgan fingerprint density at radius 1 is 1.12 bits per heavy atom. The van der Waals surface area contributed by atoms with Crippen LogP contribution in [0.15, 0.2) is 36.4 Å². The van der Waals surface area contributed by atoms with E-state index in [-0.39, 0.29) is 17.9 Å². The van der Waals surface area contributed by atoms with Gasteiger partial charge in [-0.2, -0.15) is 0 Å². The van der Waals surface area contributed by atoms with Crippen LogP contribution in [0.3, 0.4) is 0 Å². The lowest BCUT2D eigenvalue weighted by molar-refractivity contribution is -0.150. The highest BCUT2D eigenvalue weighted by Gasteiger charge is 2.39. The second-order valence-corrected chi connectivity index (χ2v) is 4.13. The molecule has 1 saturated heterocycles. The van der Waals surface area contributed by atoms with Crippen molar-refractivity contribution in [2.45, 2.75) is 6.04 Å². The molecule has 1 aromatic rings. The van der Waals surface area contributed by atoms with E-state index in [1.54, 1.807) is 0 Å². The third kappa shape index (κ3) is 1.57. The molecule has 0 unspecified atom stereocenters. The van der Waals surface area contributed by atoms with Crippen LogP contribution < -0.4 is 0 Å². The second kappa shape index (κ2) is 3.82. The zero-order valence-corrected chi connectivity index (χ0v) is 9.13. The van der Waals surface area contributed by atoms with Crippen molar-refractivity contribution in [1.82, 2.24) is 4.90 Å². The van der Waals surface area contributed by atoms with Gasteiger partial charge in [0.15, 0.2) is 0 Å². The summed E-state index contributed by atoms with van der Waals surface area (Å²) in [5.74, 6) is -0.448. The maximum atomic E-state index is 12.1. The molecule has 0 N–H and O–H groups in total. The number of carbonyl (C=O) groups is 2. The number of rotatable bonds is 2. The maximum Gasteiger partial charge on any atom is 0.261 e. The minimum Gasteiger partial charge on any atom is -0.377 e. The summed E-state index contributed by atoms with van der Waals surface area (Å²) in [5.41, 5.74) is 1.26. The summed E-state index contributed by atoms with van der Waals surface area (Å²) in [6.07, 6.45) is 1.41. The summed E-state index contributed by atoms with van der Waals surface area (Å²) in [7, 11) is 0. The summed E-state index contributed by atoms with van der Waals surface area (Å²) in [5, 5.41) is 0. The Hall–Kier alpha value is -1.94. The van der Waals surface area contributed by atoms with Crippen molar-refractivity contribution >= 4 is 17.4 Å². The van der Waals surface area contributed by atoms with E-state index in [9.17, 15) is 9.59 Å². The molecule has 1 fully saturated rings. The topological polar surface area (TPSA) is 46.6 Å². The number of hydrogen-bond donors (Lipinski definition) is 0. The zero-order chi connectivity index (χ0) is 11.8. The van der Waals surface area contributed by atoms with Crippen molar-refractivity contribution in [2.75, 3.05) is 13.2 Å². The van der Waals surface area contributed by atoms with Gasteiger partial charge in [-0.1, -0.05) is 30.3 Å². The van der Waals surface area contributed by atoms with Crippen molar-refractivity contribution < 1.29 is 14.3 Å². The van der Waals surface area contributed by atoms with E-state index in [0.717, 1.165) is 5.56 Å². The molecule has 2 heterocycles. The summed E-state index contributed by atoms with van der Waals surface area (Å²) in [4.78, 5) is 25.2. The lowest BCUT2D eigenvalue weighted by Crippen LogP contribution is -2.51. The highest BCUT2D eigenvalue weighted by Crippen LogP contribution is 2.26. The molecule has 0 radical (unpaired) electrons. The molecule has 0 spiro atoms. The smallest absolute Gasteiger partial charge is 0.261 e. The number of imide groups is 1. The van der Waals surface area contributed by atoms with Crippen LogP contribution in [0.25, 0.3) is 5.57 Å². The molecule has 0 saturated carbocycles. The van der Waals surface area contributed by atoms with Crippen LogP contribution in [0.5, 0.6) is 0 Å². The third-order valence-corrected chi connectivity index (χ3v) is 3.02. The average molecular weight is 229 g/mol. The number of carbonyl (C=O) groups excluding carboxylic acids is 2. The molecule has 86 valence electrons. The lowest BCUT2D eigenvalue weighted by Gasteiger charge is -2.33. The normalized spacial score (nSPS) is 20.5. The Bertz CT molecular complexity index is 503. The van der Waals surface area contributed by atoms with E-state index in [0.29, 0.717) is 18.8 Å². The van der Waals surface area contributed by atoms with Gasteiger partial charge in [-0.25, -0.2) is 0 Å². The van der Waals surface area contributed by atoms with Gasteiger partial charge in [0.25, 0.3) is 11.8 Å². The number of ether oxygens (including phenoxy) is 1. The van der Waals surface area contributed by atoms with Crippen LogP contribution in [0.4, 0.5) is 0 Å². The summed E-state index contributed by atoms with van der Waals surface area (Å²) < 4.78 is 5.02. The third-order valence-electron chi connectivity index (χ3n) is 3.02. The van der Waals surface area contributed by atoms with Crippen LogP contribution in [-0.4, -0.2) is 36.0 Å². The summed E-state index contributed by atoms with van der Waals surface area (Å²) in [6, 6.07) is 9.15. The van der Waals surface area contributed by atoms with E-state index >= 15 is 0 Å². The average Bonchev–Trinajstić information content (AvgIpc) is 2.56. The molecule has 3 rings (SSSR count). The Kier molecular flexibility index (Phi) is 2.30. The fourth-order valence-corrected chi connectivity index (χ4v) is 2.03. The number of amides is 2. The standard InChI is InChI=1S/C13H11NO3/c15-12-6-11(9-4-2-1-3-5-9)13(16)14(12)10-7-17-8-10/h1-6,10H,7-8H2. The van der Waals surface area contributed by atoms with E-state index in [4.69, 9.17) is 4.74 Å².